The van der Waals surface area contributed by atoms with Crippen LogP contribution in [0.5, 0.6) is 0 Å². The van der Waals surface area contributed by atoms with Crippen molar-refractivity contribution in [3.63, 3.8) is 0 Å². The van der Waals surface area contributed by atoms with E-state index in [4.69, 9.17) is 5.73 Å². The Labute approximate surface area is 126 Å². The first kappa shape index (κ1) is 17.0. The van der Waals surface area contributed by atoms with Gasteiger partial charge < -0.3 is 16.0 Å². The number of amides is 2. The molecule has 1 aromatic carbocycles. The SMILES string of the molecule is CCN(C)C(=O)C(C)NC(=O)CC(C)c1ccc(N)cc1. The highest BCUT2D eigenvalue weighted by molar-refractivity contribution is 5.87. The molecule has 0 radical (unpaired) electrons. The number of nitrogens with one attached hydrogen (secondary N) is 1. The molecule has 5 heteroatoms. The van der Waals surface area contributed by atoms with Crippen molar-refractivity contribution < 1.29 is 9.59 Å². The van der Waals surface area contributed by atoms with Gasteiger partial charge in [0.05, 0.1) is 0 Å². The van der Waals surface area contributed by atoms with Crippen molar-refractivity contribution in [3.8, 4) is 0 Å². The molecule has 116 valence electrons. The maximum absolute atomic E-state index is 12.0. The Morgan fingerprint density at radius 2 is 1.81 bits per heavy atom. The summed E-state index contributed by atoms with van der Waals surface area (Å²) in [7, 11) is 1.72. The number of rotatable bonds is 6. The lowest BCUT2D eigenvalue weighted by atomic mass is 9.97. The number of nitrogens with zero attached hydrogens (tertiary/aromatic N) is 1. The van der Waals surface area contributed by atoms with Crippen LogP contribution in [-0.2, 0) is 9.59 Å². The Morgan fingerprint density at radius 1 is 1.24 bits per heavy atom. The van der Waals surface area contributed by atoms with Gasteiger partial charge in [0.1, 0.15) is 6.04 Å². The molecule has 0 aliphatic rings. The highest BCUT2D eigenvalue weighted by atomic mass is 16.2. The quantitative estimate of drug-likeness (QED) is 0.784. The summed E-state index contributed by atoms with van der Waals surface area (Å²) in [5, 5.41) is 2.75. The summed E-state index contributed by atoms with van der Waals surface area (Å²) < 4.78 is 0. The van der Waals surface area contributed by atoms with E-state index in [1.165, 1.54) is 0 Å². The van der Waals surface area contributed by atoms with E-state index < -0.39 is 6.04 Å². The molecule has 0 aliphatic carbocycles. The topological polar surface area (TPSA) is 75.4 Å². The van der Waals surface area contributed by atoms with Gasteiger partial charge >= 0.3 is 0 Å². The van der Waals surface area contributed by atoms with Crippen LogP contribution in [0.4, 0.5) is 5.69 Å². The van der Waals surface area contributed by atoms with E-state index in [0.717, 1.165) is 5.56 Å². The van der Waals surface area contributed by atoms with E-state index in [2.05, 4.69) is 5.32 Å². The molecule has 0 aliphatic heterocycles. The Bertz CT molecular complexity index is 485. The van der Waals surface area contributed by atoms with E-state index in [0.29, 0.717) is 18.7 Å². The summed E-state index contributed by atoms with van der Waals surface area (Å²) in [4.78, 5) is 25.5. The minimum Gasteiger partial charge on any atom is -0.399 e. The van der Waals surface area contributed by atoms with E-state index in [9.17, 15) is 9.59 Å². The standard InChI is InChI=1S/C16H25N3O2/c1-5-19(4)16(21)12(3)18-15(20)10-11(2)13-6-8-14(17)9-7-13/h6-9,11-12H,5,10,17H2,1-4H3,(H,18,20). The zero-order valence-corrected chi connectivity index (χ0v) is 13.2. The molecule has 0 saturated heterocycles. The minimum absolute atomic E-state index is 0.0778. The van der Waals surface area contributed by atoms with Crippen LogP contribution >= 0.6 is 0 Å². The average molecular weight is 291 g/mol. The largest absolute Gasteiger partial charge is 0.399 e. The molecule has 1 aromatic rings. The smallest absolute Gasteiger partial charge is 0.244 e. The number of likely N-dealkylation sites (N-methyl/N-ethyl adjacent to an activating group) is 1. The molecule has 0 bridgehead atoms. The second-order valence-electron chi connectivity index (χ2n) is 5.41. The fourth-order valence-corrected chi connectivity index (χ4v) is 2.07. The molecule has 1 rings (SSSR count). The predicted molar refractivity (Wildman–Crippen MR) is 84.8 cm³/mol. The van der Waals surface area contributed by atoms with Crippen molar-refractivity contribution in [2.75, 3.05) is 19.3 Å². The Balaban J connectivity index is 2.53. The Morgan fingerprint density at radius 3 is 2.33 bits per heavy atom. The number of anilines is 1. The van der Waals surface area contributed by atoms with Crippen LogP contribution in [0.3, 0.4) is 0 Å². The third-order valence-electron chi connectivity index (χ3n) is 3.60. The highest BCUT2D eigenvalue weighted by Gasteiger charge is 2.19. The zero-order chi connectivity index (χ0) is 16.0. The molecule has 2 unspecified atom stereocenters. The average Bonchev–Trinajstić information content (AvgIpc) is 2.45. The molecule has 0 saturated carbocycles. The summed E-state index contributed by atoms with van der Waals surface area (Å²) >= 11 is 0. The monoisotopic (exact) mass is 291 g/mol. The number of benzene rings is 1. The lowest BCUT2D eigenvalue weighted by molar-refractivity contribution is -0.134. The van der Waals surface area contributed by atoms with Gasteiger partial charge in [0.2, 0.25) is 11.8 Å². The first-order valence-electron chi connectivity index (χ1n) is 7.24. The maximum atomic E-state index is 12.0. The highest BCUT2D eigenvalue weighted by Crippen LogP contribution is 2.20. The number of nitrogens with two attached hydrogens (primary N) is 1. The molecule has 0 fully saturated rings. The number of carbonyl (C=O) groups excluding carboxylic acids is 2. The third kappa shape index (κ3) is 5.10. The van der Waals surface area contributed by atoms with Gasteiger partial charge in [0, 0.05) is 25.7 Å². The van der Waals surface area contributed by atoms with Crippen LogP contribution in [0.15, 0.2) is 24.3 Å². The van der Waals surface area contributed by atoms with E-state index in [-0.39, 0.29) is 17.7 Å². The van der Waals surface area contributed by atoms with Crippen LogP contribution in [0.2, 0.25) is 0 Å². The summed E-state index contributed by atoms with van der Waals surface area (Å²) in [5.74, 6) is -0.118. The molecule has 21 heavy (non-hydrogen) atoms. The first-order chi connectivity index (χ1) is 9.85. The van der Waals surface area contributed by atoms with Crippen molar-refractivity contribution in [1.29, 1.82) is 0 Å². The van der Waals surface area contributed by atoms with Gasteiger partial charge in [-0.2, -0.15) is 0 Å². The van der Waals surface area contributed by atoms with Crippen molar-refractivity contribution in [2.45, 2.75) is 39.2 Å². The Hall–Kier alpha value is -2.04. The lowest BCUT2D eigenvalue weighted by Gasteiger charge is -2.21. The van der Waals surface area contributed by atoms with Crippen LogP contribution in [0.1, 0.15) is 38.7 Å². The van der Waals surface area contributed by atoms with Gasteiger partial charge in [-0.25, -0.2) is 0 Å². The van der Waals surface area contributed by atoms with E-state index in [1.807, 2.05) is 38.1 Å². The van der Waals surface area contributed by atoms with Crippen LogP contribution in [0, 0.1) is 0 Å². The van der Waals surface area contributed by atoms with Crippen LogP contribution in [0.25, 0.3) is 0 Å². The van der Waals surface area contributed by atoms with Gasteiger partial charge in [-0.3, -0.25) is 9.59 Å². The third-order valence-corrected chi connectivity index (χ3v) is 3.60. The van der Waals surface area contributed by atoms with Crippen LogP contribution < -0.4 is 11.1 Å². The van der Waals surface area contributed by atoms with Crippen molar-refractivity contribution in [2.24, 2.45) is 0 Å². The second-order valence-corrected chi connectivity index (χ2v) is 5.41. The first-order valence-corrected chi connectivity index (χ1v) is 7.24. The molecule has 0 spiro atoms. The molecule has 2 amide bonds. The molecule has 0 aromatic heterocycles. The van der Waals surface area contributed by atoms with Crippen molar-refractivity contribution in [1.82, 2.24) is 10.2 Å². The van der Waals surface area contributed by atoms with Gasteiger partial charge in [-0.05, 0) is 37.5 Å². The summed E-state index contributed by atoms with van der Waals surface area (Å²) in [6.45, 7) is 6.21. The summed E-state index contributed by atoms with van der Waals surface area (Å²) in [6, 6.07) is 7.00. The fourth-order valence-electron chi connectivity index (χ4n) is 2.07. The second kappa shape index (κ2) is 7.67. The van der Waals surface area contributed by atoms with Crippen molar-refractivity contribution >= 4 is 17.5 Å². The number of hydrogen-bond donors (Lipinski definition) is 2. The van der Waals surface area contributed by atoms with Gasteiger partial charge in [0.15, 0.2) is 0 Å². The molecule has 2 atom stereocenters. The molecule has 0 heterocycles. The number of nitrogen functional groups attached to an aromatic ring is 1. The van der Waals surface area contributed by atoms with Crippen molar-refractivity contribution in [3.05, 3.63) is 29.8 Å². The lowest BCUT2D eigenvalue weighted by Crippen LogP contribution is -2.45. The molecule has 3 N–H and O–H groups in total. The summed E-state index contributed by atoms with van der Waals surface area (Å²) in [5.41, 5.74) is 7.41. The maximum Gasteiger partial charge on any atom is 0.244 e. The van der Waals surface area contributed by atoms with E-state index >= 15 is 0 Å². The van der Waals surface area contributed by atoms with Crippen LogP contribution in [-0.4, -0.2) is 36.3 Å². The number of carbonyl (C=O) groups is 2. The molecular formula is C16H25N3O2. The van der Waals surface area contributed by atoms with E-state index in [1.54, 1.807) is 18.9 Å². The normalized spacial score (nSPS) is 13.3. The van der Waals surface area contributed by atoms with Gasteiger partial charge in [0.25, 0.3) is 0 Å². The van der Waals surface area contributed by atoms with Gasteiger partial charge in [-0.15, -0.1) is 0 Å². The number of hydrogen-bond acceptors (Lipinski definition) is 3. The minimum atomic E-state index is -0.499. The molecular weight excluding hydrogens is 266 g/mol. The Kier molecular flexibility index (Phi) is 6.21. The van der Waals surface area contributed by atoms with Gasteiger partial charge in [-0.1, -0.05) is 19.1 Å². The molecule has 5 nitrogen and oxygen atoms in total. The summed E-state index contributed by atoms with van der Waals surface area (Å²) in [6.07, 6.45) is 0.345. The predicted octanol–water partition coefficient (Wildman–Crippen LogP) is 1.75. The fraction of sp³-hybridized carbons (Fsp3) is 0.500. The zero-order valence-electron chi connectivity index (χ0n) is 13.2.